The van der Waals surface area contributed by atoms with Crippen LogP contribution in [0.4, 0.5) is 5.69 Å². The van der Waals surface area contributed by atoms with Crippen molar-refractivity contribution >= 4 is 46.5 Å². The lowest BCUT2D eigenvalue weighted by atomic mass is 9.87. The summed E-state index contributed by atoms with van der Waals surface area (Å²) in [5.74, 6) is -1.02. The monoisotopic (exact) mass is 420 g/mol. The van der Waals surface area contributed by atoms with Crippen LogP contribution in [-0.2, 0) is 10.2 Å². The number of anilines is 1. The number of ether oxygens (including phenoxy) is 1. The molecule has 0 radical (unpaired) electrons. The van der Waals surface area contributed by atoms with Gasteiger partial charge in [0.15, 0.2) is 11.7 Å². The number of benzene rings is 2. The Labute approximate surface area is 173 Å². The maximum Gasteiger partial charge on any atom is 0.337 e. The Morgan fingerprint density at radius 2 is 1.79 bits per heavy atom. The second-order valence-electron chi connectivity index (χ2n) is 7.07. The van der Waals surface area contributed by atoms with Gasteiger partial charge < -0.3 is 15.2 Å². The van der Waals surface area contributed by atoms with Crippen LogP contribution in [0.5, 0.6) is 5.75 Å². The number of carbonyl (C=O) groups excluding carboxylic acids is 1. The molecular formula is C20H21ClN2O4S. The van der Waals surface area contributed by atoms with E-state index in [2.05, 4.69) is 31.4 Å². The summed E-state index contributed by atoms with van der Waals surface area (Å²) < 4.78 is 5.46. The van der Waals surface area contributed by atoms with Gasteiger partial charge in [-0.1, -0.05) is 44.5 Å². The fourth-order valence-electron chi connectivity index (χ4n) is 2.29. The highest BCUT2D eigenvalue weighted by Gasteiger charge is 2.14. The molecule has 0 heterocycles. The van der Waals surface area contributed by atoms with E-state index in [-0.39, 0.29) is 27.7 Å². The average molecular weight is 421 g/mol. The van der Waals surface area contributed by atoms with E-state index in [9.17, 15) is 9.59 Å². The molecule has 0 unspecified atom stereocenters. The van der Waals surface area contributed by atoms with Crippen LogP contribution in [0.15, 0.2) is 42.5 Å². The number of carboxylic acid groups (broad SMARTS) is 1. The number of rotatable bonds is 5. The highest BCUT2D eigenvalue weighted by molar-refractivity contribution is 7.80. The molecule has 2 rings (SSSR count). The molecular weight excluding hydrogens is 400 g/mol. The summed E-state index contributed by atoms with van der Waals surface area (Å²) in [5.41, 5.74) is 1.53. The quantitative estimate of drug-likeness (QED) is 0.627. The van der Waals surface area contributed by atoms with Gasteiger partial charge in [-0.25, -0.2) is 4.79 Å². The van der Waals surface area contributed by atoms with E-state index >= 15 is 0 Å². The van der Waals surface area contributed by atoms with Gasteiger partial charge in [0.05, 0.1) is 10.6 Å². The van der Waals surface area contributed by atoms with Crippen molar-refractivity contribution in [1.82, 2.24) is 5.32 Å². The summed E-state index contributed by atoms with van der Waals surface area (Å²) in [6, 6.07) is 11.9. The van der Waals surface area contributed by atoms with Crippen LogP contribution in [0, 0.1) is 0 Å². The molecule has 28 heavy (non-hydrogen) atoms. The van der Waals surface area contributed by atoms with E-state index in [1.165, 1.54) is 17.7 Å². The number of hydrogen-bond donors (Lipinski definition) is 3. The molecule has 0 aliphatic heterocycles. The fourth-order valence-corrected chi connectivity index (χ4v) is 2.72. The van der Waals surface area contributed by atoms with Gasteiger partial charge in [0.2, 0.25) is 0 Å². The molecule has 3 N–H and O–H groups in total. The van der Waals surface area contributed by atoms with Crippen LogP contribution < -0.4 is 15.4 Å². The van der Waals surface area contributed by atoms with Gasteiger partial charge in [0.1, 0.15) is 5.75 Å². The maximum atomic E-state index is 12.0. The molecule has 0 fully saturated rings. The molecule has 0 saturated carbocycles. The Bertz CT molecular complexity index is 892. The molecule has 0 aliphatic carbocycles. The van der Waals surface area contributed by atoms with Crippen molar-refractivity contribution in [3.05, 3.63) is 58.6 Å². The number of nitrogens with one attached hydrogen (secondary N) is 2. The van der Waals surface area contributed by atoms with Crippen LogP contribution in [0.1, 0.15) is 36.7 Å². The van der Waals surface area contributed by atoms with Crippen molar-refractivity contribution < 1.29 is 19.4 Å². The third-order valence-corrected chi connectivity index (χ3v) is 4.33. The molecule has 0 aromatic heterocycles. The third kappa shape index (κ3) is 6.21. The number of carbonyl (C=O) groups is 2. The highest BCUT2D eigenvalue weighted by Crippen LogP contribution is 2.24. The van der Waals surface area contributed by atoms with Crippen LogP contribution >= 0.6 is 23.8 Å². The predicted octanol–water partition coefficient (Wildman–Crippen LogP) is 4.23. The van der Waals surface area contributed by atoms with Crippen molar-refractivity contribution in [1.29, 1.82) is 0 Å². The number of halogens is 1. The minimum absolute atomic E-state index is 0.0235. The Morgan fingerprint density at radius 3 is 2.36 bits per heavy atom. The minimum Gasteiger partial charge on any atom is -0.484 e. The molecule has 148 valence electrons. The predicted molar refractivity (Wildman–Crippen MR) is 113 cm³/mol. The molecule has 2 aromatic carbocycles. The average Bonchev–Trinajstić information content (AvgIpc) is 2.61. The zero-order valence-corrected chi connectivity index (χ0v) is 17.3. The standard InChI is InChI=1S/C20H21ClN2O4S/c1-20(2,3)12-4-7-14(8-5-12)27-11-17(24)23-19(28)22-13-6-9-16(21)15(10-13)18(25)26/h4-10H,11H2,1-3H3,(H,25,26)(H2,22,23,24,28). The Hall–Kier alpha value is -2.64. The topological polar surface area (TPSA) is 87.7 Å². The van der Waals surface area contributed by atoms with Gasteiger partial charge >= 0.3 is 5.97 Å². The molecule has 0 saturated heterocycles. The molecule has 2 aromatic rings. The van der Waals surface area contributed by atoms with E-state index in [0.29, 0.717) is 11.4 Å². The zero-order valence-electron chi connectivity index (χ0n) is 15.7. The van der Waals surface area contributed by atoms with E-state index in [0.717, 1.165) is 0 Å². The largest absolute Gasteiger partial charge is 0.484 e. The lowest BCUT2D eigenvalue weighted by molar-refractivity contribution is -0.121. The number of thiocarbonyl (C=S) groups is 1. The lowest BCUT2D eigenvalue weighted by Gasteiger charge is -2.19. The van der Waals surface area contributed by atoms with E-state index in [4.69, 9.17) is 33.7 Å². The zero-order chi connectivity index (χ0) is 20.9. The van der Waals surface area contributed by atoms with Gasteiger partial charge in [0.25, 0.3) is 5.91 Å². The van der Waals surface area contributed by atoms with Crippen molar-refractivity contribution in [2.24, 2.45) is 0 Å². The summed E-state index contributed by atoms with van der Waals surface area (Å²) in [6.07, 6.45) is 0. The molecule has 0 bridgehead atoms. The van der Waals surface area contributed by atoms with Crippen molar-refractivity contribution in [2.45, 2.75) is 26.2 Å². The summed E-state index contributed by atoms with van der Waals surface area (Å²) in [4.78, 5) is 23.1. The van der Waals surface area contributed by atoms with Gasteiger partial charge in [0, 0.05) is 5.69 Å². The second kappa shape index (κ2) is 9.03. The maximum absolute atomic E-state index is 12.0. The summed E-state index contributed by atoms with van der Waals surface area (Å²) in [5, 5.41) is 14.4. The Morgan fingerprint density at radius 1 is 1.14 bits per heavy atom. The number of hydrogen-bond acceptors (Lipinski definition) is 4. The second-order valence-corrected chi connectivity index (χ2v) is 7.88. The smallest absolute Gasteiger partial charge is 0.337 e. The number of amides is 1. The first-order valence-electron chi connectivity index (χ1n) is 8.43. The van der Waals surface area contributed by atoms with Gasteiger partial charge in [-0.3, -0.25) is 10.1 Å². The van der Waals surface area contributed by atoms with Crippen LogP contribution in [0.2, 0.25) is 5.02 Å². The van der Waals surface area contributed by atoms with E-state index < -0.39 is 11.9 Å². The molecule has 0 aliphatic rings. The molecule has 0 atom stereocenters. The number of carboxylic acids is 1. The van der Waals surface area contributed by atoms with Crippen LogP contribution in [-0.4, -0.2) is 28.7 Å². The number of aromatic carboxylic acids is 1. The van der Waals surface area contributed by atoms with Crippen molar-refractivity contribution in [3.8, 4) is 5.75 Å². The Kier molecular flexibility index (Phi) is 6.99. The molecule has 8 heteroatoms. The van der Waals surface area contributed by atoms with E-state index in [1.807, 2.05) is 24.3 Å². The summed E-state index contributed by atoms with van der Waals surface area (Å²) >= 11 is 10.9. The third-order valence-electron chi connectivity index (χ3n) is 3.80. The van der Waals surface area contributed by atoms with Crippen molar-refractivity contribution in [3.63, 3.8) is 0 Å². The first kappa shape index (κ1) is 21.7. The fraction of sp³-hybridized carbons (Fsp3) is 0.250. The Balaban J connectivity index is 1.87. The van der Waals surface area contributed by atoms with Gasteiger partial charge in [-0.15, -0.1) is 0 Å². The van der Waals surface area contributed by atoms with Gasteiger partial charge in [-0.2, -0.15) is 0 Å². The summed E-state index contributed by atoms with van der Waals surface area (Å²) in [6.45, 7) is 6.14. The first-order chi connectivity index (χ1) is 13.1. The molecule has 1 amide bonds. The highest BCUT2D eigenvalue weighted by atomic mass is 35.5. The summed E-state index contributed by atoms with van der Waals surface area (Å²) in [7, 11) is 0. The van der Waals surface area contributed by atoms with Crippen LogP contribution in [0.25, 0.3) is 0 Å². The van der Waals surface area contributed by atoms with Crippen LogP contribution in [0.3, 0.4) is 0 Å². The van der Waals surface area contributed by atoms with Crippen molar-refractivity contribution in [2.75, 3.05) is 11.9 Å². The SMILES string of the molecule is CC(C)(C)c1ccc(OCC(=O)NC(=S)Nc2ccc(Cl)c(C(=O)O)c2)cc1. The van der Waals surface area contributed by atoms with Gasteiger partial charge in [-0.05, 0) is 53.5 Å². The van der Waals surface area contributed by atoms with E-state index in [1.54, 1.807) is 6.07 Å². The molecule has 0 spiro atoms. The minimum atomic E-state index is -1.16. The molecule has 6 nitrogen and oxygen atoms in total. The normalized spacial score (nSPS) is 10.9. The lowest BCUT2D eigenvalue weighted by Crippen LogP contribution is -2.37. The first-order valence-corrected chi connectivity index (χ1v) is 9.22.